The Morgan fingerprint density at radius 1 is 1.27 bits per heavy atom. The number of rotatable bonds is 6. The molecule has 26 heavy (non-hydrogen) atoms. The number of nitrogens with one attached hydrogen (secondary N) is 1. The molecule has 1 heterocycles. The highest BCUT2D eigenvalue weighted by atomic mass is 35.5. The molecular formula is C19H18ClN3O3. The first-order valence-corrected chi connectivity index (χ1v) is 8.41. The van der Waals surface area contributed by atoms with Gasteiger partial charge in [0.05, 0.1) is 25.1 Å². The summed E-state index contributed by atoms with van der Waals surface area (Å²) in [7, 11) is 1.55. The predicted molar refractivity (Wildman–Crippen MR) is 98.0 cm³/mol. The van der Waals surface area contributed by atoms with Crippen LogP contribution in [0.25, 0.3) is 11.5 Å². The Hall–Kier alpha value is -2.86. The van der Waals surface area contributed by atoms with Crippen LogP contribution in [0.1, 0.15) is 17.0 Å². The SMILES string of the molecule is COc1ccc(CC(=O)NCc2noc(-c3cccc(C)c3)n2)cc1Cl. The van der Waals surface area contributed by atoms with E-state index in [0.717, 1.165) is 16.7 Å². The van der Waals surface area contributed by atoms with E-state index < -0.39 is 0 Å². The fraction of sp³-hybridized carbons (Fsp3) is 0.211. The van der Waals surface area contributed by atoms with E-state index in [9.17, 15) is 4.79 Å². The predicted octanol–water partition coefficient (Wildman–Crippen LogP) is 3.57. The number of amides is 1. The van der Waals surface area contributed by atoms with Crippen molar-refractivity contribution in [1.82, 2.24) is 15.5 Å². The fourth-order valence-corrected chi connectivity index (χ4v) is 2.75. The molecule has 0 fully saturated rings. The molecule has 1 amide bonds. The molecule has 0 unspecified atom stereocenters. The molecule has 0 bridgehead atoms. The van der Waals surface area contributed by atoms with Crippen LogP contribution in [-0.2, 0) is 17.8 Å². The zero-order valence-corrected chi connectivity index (χ0v) is 15.2. The summed E-state index contributed by atoms with van der Waals surface area (Å²) in [6.45, 7) is 2.18. The van der Waals surface area contributed by atoms with E-state index in [1.165, 1.54) is 0 Å². The van der Waals surface area contributed by atoms with Gasteiger partial charge in [-0.15, -0.1) is 0 Å². The number of carbonyl (C=O) groups is 1. The second-order valence-corrected chi connectivity index (χ2v) is 6.21. The van der Waals surface area contributed by atoms with Crippen LogP contribution in [0, 0.1) is 6.92 Å². The Bertz CT molecular complexity index is 924. The van der Waals surface area contributed by atoms with E-state index in [1.54, 1.807) is 25.3 Å². The highest BCUT2D eigenvalue weighted by molar-refractivity contribution is 6.32. The number of methoxy groups -OCH3 is 1. The summed E-state index contributed by atoms with van der Waals surface area (Å²) >= 11 is 6.07. The van der Waals surface area contributed by atoms with Gasteiger partial charge in [0.15, 0.2) is 5.82 Å². The summed E-state index contributed by atoms with van der Waals surface area (Å²) in [6.07, 6.45) is 0.201. The maximum absolute atomic E-state index is 12.1. The minimum Gasteiger partial charge on any atom is -0.495 e. The van der Waals surface area contributed by atoms with Crippen LogP contribution < -0.4 is 10.1 Å². The van der Waals surface area contributed by atoms with Gasteiger partial charge in [-0.05, 0) is 36.8 Å². The van der Waals surface area contributed by atoms with Crippen molar-refractivity contribution in [2.75, 3.05) is 7.11 Å². The number of aryl methyl sites for hydroxylation is 1. The molecule has 2 aromatic carbocycles. The number of carbonyl (C=O) groups excluding carboxylic acids is 1. The van der Waals surface area contributed by atoms with Crippen molar-refractivity contribution in [2.24, 2.45) is 0 Å². The number of hydrogen-bond acceptors (Lipinski definition) is 5. The lowest BCUT2D eigenvalue weighted by Gasteiger charge is -2.06. The van der Waals surface area contributed by atoms with E-state index in [2.05, 4.69) is 15.5 Å². The third kappa shape index (κ3) is 4.40. The Balaban J connectivity index is 1.57. The summed E-state index contributed by atoms with van der Waals surface area (Å²) in [5.41, 5.74) is 2.75. The molecule has 0 saturated carbocycles. The quantitative estimate of drug-likeness (QED) is 0.716. The van der Waals surface area contributed by atoms with Gasteiger partial charge in [-0.2, -0.15) is 4.98 Å². The number of hydrogen-bond donors (Lipinski definition) is 1. The molecule has 0 saturated heterocycles. The fourth-order valence-electron chi connectivity index (χ4n) is 2.47. The van der Waals surface area contributed by atoms with Gasteiger partial charge in [-0.25, -0.2) is 0 Å². The van der Waals surface area contributed by atoms with Crippen molar-refractivity contribution < 1.29 is 14.1 Å². The van der Waals surface area contributed by atoms with E-state index in [4.69, 9.17) is 20.9 Å². The van der Waals surface area contributed by atoms with Crippen LogP contribution in [0.15, 0.2) is 47.0 Å². The lowest BCUT2D eigenvalue weighted by Crippen LogP contribution is -2.25. The molecule has 0 spiro atoms. The largest absolute Gasteiger partial charge is 0.495 e. The van der Waals surface area contributed by atoms with Crippen molar-refractivity contribution in [3.8, 4) is 17.2 Å². The molecule has 7 heteroatoms. The van der Waals surface area contributed by atoms with Gasteiger partial charge in [-0.3, -0.25) is 4.79 Å². The second kappa shape index (κ2) is 8.01. The maximum Gasteiger partial charge on any atom is 0.257 e. The van der Waals surface area contributed by atoms with Crippen LogP contribution in [0.4, 0.5) is 0 Å². The monoisotopic (exact) mass is 371 g/mol. The van der Waals surface area contributed by atoms with Gasteiger partial charge in [0, 0.05) is 5.56 Å². The van der Waals surface area contributed by atoms with Crippen LogP contribution in [-0.4, -0.2) is 23.2 Å². The summed E-state index contributed by atoms with van der Waals surface area (Å²) in [4.78, 5) is 16.4. The van der Waals surface area contributed by atoms with Crippen molar-refractivity contribution in [3.63, 3.8) is 0 Å². The maximum atomic E-state index is 12.1. The summed E-state index contributed by atoms with van der Waals surface area (Å²) in [6, 6.07) is 13.0. The minimum absolute atomic E-state index is 0.159. The normalized spacial score (nSPS) is 10.6. The second-order valence-electron chi connectivity index (χ2n) is 5.81. The lowest BCUT2D eigenvalue weighted by molar-refractivity contribution is -0.120. The molecule has 1 N–H and O–H groups in total. The highest BCUT2D eigenvalue weighted by Gasteiger charge is 2.11. The van der Waals surface area contributed by atoms with Crippen molar-refractivity contribution in [3.05, 3.63) is 64.4 Å². The molecule has 6 nitrogen and oxygen atoms in total. The van der Waals surface area contributed by atoms with Gasteiger partial charge in [-0.1, -0.05) is 40.5 Å². The van der Waals surface area contributed by atoms with Gasteiger partial charge in [0.25, 0.3) is 5.89 Å². The van der Waals surface area contributed by atoms with E-state index in [0.29, 0.717) is 22.5 Å². The average Bonchev–Trinajstić information content (AvgIpc) is 3.09. The number of nitrogens with zero attached hydrogens (tertiary/aromatic N) is 2. The zero-order valence-electron chi connectivity index (χ0n) is 14.5. The first-order chi connectivity index (χ1) is 12.5. The Morgan fingerprint density at radius 2 is 2.12 bits per heavy atom. The Kier molecular flexibility index (Phi) is 5.53. The van der Waals surface area contributed by atoms with Crippen LogP contribution >= 0.6 is 11.6 Å². The summed E-state index contributed by atoms with van der Waals surface area (Å²) in [5.74, 6) is 1.27. The van der Waals surface area contributed by atoms with Gasteiger partial charge >= 0.3 is 0 Å². The summed E-state index contributed by atoms with van der Waals surface area (Å²) < 4.78 is 10.4. The molecule has 0 radical (unpaired) electrons. The van der Waals surface area contributed by atoms with Crippen LogP contribution in [0.5, 0.6) is 5.75 Å². The standard InChI is InChI=1S/C19H18ClN3O3/c1-12-4-3-5-14(8-12)19-22-17(23-26-19)11-21-18(24)10-13-6-7-16(25-2)15(20)9-13/h3-9H,10-11H2,1-2H3,(H,21,24). The number of ether oxygens (including phenoxy) is 1. The molecule has 0 aliphatic heterocycles. The third-order valence-electron chi connectivity index (χ3n) is 3.76. The minimum atomic E-state index is -0.159. The molecule has 1 aromatic heterocycles. The lowest BCUT2D eigenvalue weighted by atomic mass is 10.1. The topological polar surface area (TPSA) is 77.2 Å². The van der Waals surface area contributed by atoms with Crippen molar-refractivity contribution in [1.29, 1.82) is 0 Å². The van der Waals surface area contributed by atoms with Crippen molar-refractivity contribution >= 4 is 17.5 Å². The third-order valence-corrected chi connectivity index (χ3v) is 4.05. The Labute approximate surface area is 156 Å². The van der Waals surface area contributed by atoms with Gasteiger partial charge in [0.2, 0.25) is 5.91 Å². The van der Waals surface area contributed by atoms with E-state index in [1.807, 2.05) is 31.2 Å². The number of benzene rings is 2. The average molecular weight is 372 g/mol. The number of halogens is 1. The molecule has 0 aliphatic carbocycles. The molecule has 134 valence electrons. The first-order valence-electron chi connectivity index (χ1n) is 8.04. The van der Waals surface area contributed by atoms with Gasteiger partial charge in [0.1, 0.15) is 5.75 Å². The highest BCUT2D eigenvalue weighted by Crippen LogP contribution is 2.25. The number of aromatic nitrogens is 2. The van der Waals surface area contributed by atoms with Gasteiger partial charge < -0.3 is 14.6 Å². The Morgan fingerprint density at radius 3 is 2.85 bits per heavy atom. The zero-order chi connectivity index (χ0) is 18.5. The van der Waals surface area contributed by atoms with Crippen LogP contribution in [0.2, 0.25) is 5.02 Å². The molecule has 0 atom stereocenters. The van der Waals surface area contributed by atoms with Crippen LogP contribution in [0.3, 0.4) is 0 Å². The molecular weight excluding hydrogens is 354 g/mol. The molecule has 3 rings (SSSR count). The molecule has 3 aromatic rings. The van der Waals surface area contributed by atoms with Crippen molar-refractivity contribution in [2.45, 2.75) is 19.9 Å². The first kappa shape index (κ1) is 17.9. The smallest absolute Gasteiger partial charge is 0.257 e. The summed E-state index contributed by atoms with van der Waals surface area (Å²) in [5, 5.41) is 7.14. The molecule has 0 aliphatic rings. The van der Waals surface area contributed by atoms with E-state index in [-0.39, 0.29) is 18.9 Å². The van der Waals surface area contributed by atoms with E-state index >= 15 is 0 Å².